The van der Waals surface area contributed by atoms with Gasteiger partial charge in [0.25, 0.3) is 5.91 Å². The summed E-state index contributed by atoms with van der Waals surface area (Å²) in [7, 11) is 0. The second kappa shape index (κ2) is 13.5. The van der Waals surface area contributed by atoms with Crippen LogP contribution in [-0.2, 0) is 14.3 Å². The maximum atomic E-state index is 13.8. The van der Waals surface area contributed by atoms with E-state index < -0.39 is 17.7 Å². The van der Waals surface area contributed by atoms with Crippen LogP contribution in [0.3, 0.4) is 0 Å². The molecular formula is C30H39N3O4. The summed E-state index contributed by atoms with van der Waals surface area (Å²) in [5, 5.41) is 5.57. The summed E-state index contributed by atoms with van der Waals surface area (Å²) in [6, 6.07) is 11.9. The number of benzene rings is 2. The number of amides is 3. The average Bonchev–Trinajstić information content (AvgIpc) is 2.83. The molecule has 1 atom stereocenters. The Morgan fingerprint density at radius 3 is 2.19 bits per heavy atom. The van der Waals surface area contributed by atoms with Crippen LogP contribution in [0.2, 0.25) is 0 Å². The standard InChI is InChI=1S/C30H39N3O4/c1-8-10-11-19-33(25(34)20-31-29(36)37-30(5,6)7)27(24-17-15-23(9-2)16-18-24)28(35)32-26-21(3)13-12-14-22(26)4/h2,12-18,27H,8,10-11,19-20H2,1,3-7H3,(H,31,36)(H,32,35). The minimum atomic E-state index is -0.921. The number of anilines is 1. The van der Waals surface area contributed by atoms with Crippen molar-refractivity contribution in [2.45, 2.75) is 72.4 Å². The molecule has 0 aliphatic rings. The monoisotopic (exact) mass is 505 g/mol. The van der Waals surface area contributed by atoms with Crippen LogP contribution in [0.15, 0.2) is 42.5 Å². The molecule has 198 valence electrons. The highest BCUT2D eigenvalue weighted by Crippen LogP contribution is 2.27. The van der Waals surface area contributed by atoms with Crippen molar-refractivity contribution in [2.75, 3.05) is 18.4 Å². The summed E-state index contributed by atoms with van der Waals surface area (Å²) in [4.78, 5) is 41.0. The highest BCUT2D eigenvalue weighted by Gasteiger charge is 2.32. The number of aryl methyl sites for hydroxylation is 2. The Morgan fingerprint density at radius 1 is 1.03 bits per heavy atom. The minimum Gasteiger partial charge on any atom is -0.444 e. The van der Waals surface area contributed by atoms with Gasteiger partial charge < -0.3 is 20.3 Å². The van der Waals surface area contributed by atoms with Crippen LogP contribution >= 0.6 is 0 Å². The number of para-hydroxylation sites is 1. The van der Waals surface area contributed by atoms with Crippen molar-refractivity contribution in [3.05, 3.63) is 64.7 Å². The lowest BCUT2D eigenvalue weighted by molar-refractivity contribution is -0.138. The number of unbranched alkanes of at least 4 members (excludes halogenated alkanes) is 2. The van der Waals surface area contributed by atoms with Gasteiger partial charge in [-0.1, -0.05) is 56.0 Å². The van der Waals surface area contributed by atoms with Crippen molar-refractivity contribution in [3.63, 3.8) is 0 Å². The van der Waals surface area contributed by atoms with Gasteiger partial charge in [0.15, 0.2) is 0 Å². The van der Waals surface area contributed by atoms with E-state index in [0.717, 1.165) is 24.0 Å². The Balaban J connectivity index is 2.43. The molecule has 7 nitrogen and oxygen atoms in total. The normalized spacial score (nSPS) is 11.7. The van der Waals surface area contributed by atoms with Gasteiger partial charge in [0.2, 0.25) is 5.91 Å². The van der Waals surface area contributed by atoms with E-state index in [1.54, 1.807) is 45.0 Å². The average molecular weight is 506 g/mol. The first-order chi connectivity index (χ1) is 17.5. The number of rotatable bonds is 10. The molecule has 0 saturated carbocycles. The number of alkyl carbamates (subject to hydrolysis) is 1. The van der Waals surface area contributed by atoms with Crippen LogP contribution in [0.4, 0.5) is 10.5 Å². The van der Waals surface area contributed by atoms with Crippen LogP contribution in [-0.4, -0.2) is 41.5 Å². The highest BCUT2D eigenvalue weighted by molar-refractivity contribution is 5.99. The first-order valence-electron chi connectivity index (χ1n) is 12.7. The largest absolute Gasteiger partial charge is 0.444 e. The van der Waals surface area contributed by atoms with E-state index in [-0.39, 0.29) is 18.4 Å². The van der Waals surface area contributed by atoms with E-state index in [1.165, 1.54) is 4.90 Å². The van der Waals surface area contributed by atoms with E-state index in [1.807, 2.05) is 32.0 Å². The second-order valence-corrected chi connectivity index (χ2v) is 10.1. The fraction of sp³-hybridized carbons (Fsp3) is 0.433. The van der Waals surface area contributed by atoms with Gasteiger partial charge in [-0.3, -0.25) is 9.59 Å². The van der Waals surface area contributed by atoms with Crippen molar-refractivity contribution >= 4 is 23.6 Å². The maximum absolute atomic E-state index is 13.8. The third-order valence-corrected chi connectivity index (χ3v) is 5.79. The Labute approximate surface area is 221 Å². The summed E-state index contributed by atoms with van der Waals surface area (Å²) in [6.45, 7) is 11.2. The van der Waals surface area contributed by atoms with Crippen LogP contribution in [0.1, 0.15) is 75.3 Å². The molecule has 0 aliphatic heterocycles. The Bertz CT molecular complexity index is 1110. The molecule has 1 unspecified atom stereocenters. The van der Waals surface area contributed by atoms with Gasteiger partial charge in [0.1, 0.15) is 18.2 Å². The number of terminal acetylenes is 1. The summed E-state index contributed by atoms with van der Waals surface area (Å²) in [5.74, 6) is 1.86. The topological polar surface area (TPSA) is 87.7 Å². The molecule has 2 N–H and O–H groups in total. The number of nitrogens with one attached hydrogen (secondary N) is 2. The Morgan fingerprint density at radius 2 is 1.65 bits per heavy atom. The molecule has 0 aliphatic carbocycles. The number of nitrogens with zero attached hydrogens (tertiary/aromatic N) is 1. The third kappa shape index (κ3) is 8.98. The number of carbonyl (C=O) groups excluding carboxylic acids is 3. The SMILES string of the molecule is C#Cc1ccc(C(C(=O)Nc2c(C)cccc2C)N(CCCCC)C(=O)CNC(=O)OC(C)(C)C)cc1. The van der Waals surface area contributed by atoms with Gasteiger partial charge >= 0.3 is 6.09 Å². The predicted octanol–water partition coefficient (Wildman–Crippen LogP) is 5.51. The quantitative estimate of drug-likeness (QED) is 0.329. The molecular weight excluding hydrogens is 466 g/mol. The van der Waals surface area contributed by atoms with Gasteiger partial charge in [0, 0.05) is 17.8 Å². The minimum absolute atomic E-state index is 0.295. The molecule has 0 bridgehead atoms. The molecule has 0 aromatic heterocycles. The summed E-state index contributed by atoms with van der Waals surface area (Å²) in [6.07, 6.45) is 7.39. The second-order valence-electron chi connectivity index (χ2n) is 10.1. The van der Waals surface area contributed by atoms with Gasteiger partial charge in [-0.25, -0.2) is 4.79 Å². The molecule has 0 spiro atoms. The molecule has 0 radical (unpaired) electrons. The van der Waals surface area contributed by atoms with Crippen LogP contribution in [0.25, 0.3) is 0 Å². The van der Waals surface area contributed by atoms with E-state index >= 15 is 0 Å². The lowest BCUT2D eigenvalue weighted by atomic mass is 10.0. The zero-order chi connectivity index (χ0) is 27.6. The highest BCUT2D eigenvalue weighted by atomic mass is 16.6. The third-order valence-electron chi connectivity index (χ3n) is 5.79. The summed E-state index contributed by atoms with van der Waals surface area (Å²) >= 11 is 0. The smallest absolute Gasteiger partial charge is 0.408 e. The summed E-state index contributed by atoms with van der Waals surface area (Å²) in [5.41, 5.74) is 3.17. The molecule has 37 heavy (non-hydrogen) atoms. The Kier molecular flexibility index (Phi) is 10.7. The van der Waals surface area contributed by atoms with Gasteiger partial charge in [0.05, 0.1) is 0 Å². The molecule has 7 heteroatoms. The fourth-order valence-electron chi connectivity index (χ4n) is 3.93. The molecule has 0 heterocycles. The van der Waals surface area contributed by atoms with Crippen LogP contribution < -0.4 is 10.6 Å². The number of ether oxygens (including phenoxy) is 1. The molecule has 0 fully saturated rings. The zero-order valence-electron chi connectivity index (χ0n) is 22.8. The molecule has 2 aromatic rings. The lowest BCUT2D eigenvalue weighted by Gasteiger charge is -2.32. The zero-order valence-corrected chi connectivity index (χ0v) is 22.8. The maximum Gasteiger partial charge on any atom is 0.408 e. The first kappa shape index (κ1) is 29.4. The molecule has 2 rings (SSSR count). The number of hydrogen-bond acceptors (Lipinski definition) is 4. The van der Waals surface area contributed by atoms with E-state index in [0.29, 0.717) is 29.8 Å². The fourth-order valence-corrected chi connectivity index (χ4v) is 3.93. The van der Waals surface area contributed by atoms with E-state index in [4.69, 9.17) is 11.2 Å². The van der Waals surface area contributed by atoms with Crippen molar-refractivity contribution in [1.29, 1.82) is 0 Å². The van der Waals surface area contributed by atoms with Crippen LogP contribution in [0, 0.1) is 26.2 Å². The van der Waals surface area contributed by atoms with Crippen molar-refractivity contribution in [3.8, 4) is 12.3 Å². The van der Waals surface area contributed by atoms with E-state index in [2.05, 4.69) is 23.5 Å². The number of hydrogen-bond donors (Lipinski definition) is 2. The van der Waals surface area contributed by atoms with Crippen molar-refractivity contribution < 1.29 is 19.1 Å². The Hall–Kier alpha value is -3.79. The van der Waals surface area contributed by atoms with E-state index in [9.17, 15) is 14.4 Å². The van der Waals surface area contributed by atoms with Gasteiger partial charge in [-0.2, -0.15) is 0 Å². The predicted molar refractivity (Wildman–Crippen MR) is 147 cm³/mol. The molecule has 2 aromatic carbocycles. The van der Waals surface area contributed by atoms with Gasteiger partial charge in [-0.15, -0.1) is 6.42 Å². The lowest BCUT2D eigenvalue weighted by Crippen LogP contribution is -2.47. The first-order valence-corrected chi connectivity index (χ1v) is 12.7. The summed E-state index contributed by atoms with van der Waals surface area (Å²) < 4.78 is 5.27. The van der Waals surface area contributed by atoms with Crippen LogP contribution in [0.5, 0.6) is 0 Å². The van der Waals surface area contributed by atoms with Gasteiger partial charge in [-0.05, 0) is 69.9 Å². The van der Waals surface area contributed by atoms with Crippen molar-refractivity contribution in [2.24, 2.45) is 0 Å². The number of carbonyl (C=O) groups is 3. The molecule has 3 amide bonds. The van der Waals surface area contributed by atoms with Crippen molar-refractivity contribution in [1.82, 2.24) is 10.2 Å². The molecule has 0 saturated heterocycles.